The Morgan fingerprint density at radius 3 is 2.34 bits per heavy atom. The minimum atomic E-state index is -0.730. The number of nitrogens with one attached hydrogen (secondary N) is 1. The van der Waals surface area contributed by atoms with Gasteiger partial charge in [-0.2, -0.15) is 0 Å². The topological polar surface area (TPSA) is 67.9 Å². The van der Waals surface area contributed by atoms with Crippen LogP contribution >= 0.6 is 0 Å². The van der Waals surface area contributed by atoms with Gasteiger partial charge in [-0.1, -0.05) is 38.1 Å². The summed E-state index contributed by atoms with van der Waals surface area (Å²) in [5.41, 5.74) is 1.27. The lowest BCUT2D eigenvalue weighted by Crippen LogP contribution is -2.48. The standard InChI is InChI=1S/C25H33FN2O4/c1-17(2)15-27-25(30)18(3)28(16-20-8-6-7-9-21(20)26)24(29)13-11-19-10-12-22(31-4)23(14-19)32-5/h6-10,12,14,17-18H,11,13,15-16H2,1-5H3,(H,27,30)/t18-/m0/s1. The first-order valence-corrected chi connectivity index (χ1v) is 10.8. The lowest BCUT2D eigenvalue weighted by Gasteiger charge is -2.29. The first-order valence-electron chi connectivity index (χ1n) is 10.8. The Morgan fingerprint density at radius 2 is 1.72 bits per heavy atom. The molecule has 174 valence electrons. The van der Waals surface area contributed by atoms with Gasteiger partial charge in [0.15, 0.2) is 11.5 Å². The zero-order chi connectivity index (χ0) is 23.7. The van der Waals surface area contributed by atoms with Crippen LogP contribution in [0.3, 0.4) is 0 Å². The molecule has 0 aromatic heterocycles. The highest BCUT2D eigenvalue weighted by molar-refractivity contribution is 5.87. The second kappa shape index (κ2) is 12.1. The van der Waals surface area contributed by atoms with E-state index >= 15 is 0 Å². The monoisotopic (exact) mass is 444 g/mol. The Morgan fingerprint density at radius 1 is 1.03 bits per heavy atom. The van der Waals surface area contributed by atoms with Crippen molar-refractivity contribution in [3.63, 3.8) is 0 Å². The molecule has 0 fully saturated rings. The molecule has 1 N–H and O–H groups in total. The van der Waals surface area contributed by atoms with E-state index in [1.54, 1.807) is 45.4 Å². The molecule has 0 saturated heterocycles. The predicted octanol–water partition coefficient (Wildman–Crippen LogP) is 3.97. The van der Waals surface area contributed by atoms with Crippen molar-refractivity contribution in [2.75, 3.05) is 20.8 Å². The number of benzene rings is 2. The smallest absolute Gasteiger partial charge is 0.242 e. The molecular formula is C25H33FN2O4. The first kappa shape index (κ1) is 25.2. The number of methoxy groups -OCH3 is 2. The van der Waals surface area contributed by atoms with Crippen LogP contribution in [0.25, 0.3) is 0 Å². The fourth-order valence-electron chi connectivity index (χ4n) is 3.28. The lowest BCUT2D eigenvalue weighted by molar-refractivity contribution is -0.140. The van der Waals surface area contributed by atoms with Crippen LogP contribution in [-0.2, 0) is 22.6 Å². The first-order chi connectivity index (χ1) is 15.3. The van der Waals surface area contributed by atoms with Gasteiger partial charge in [-0.3, -0.25) is 9.59 Å². The van der Waals surface area contributed by atoms with Gasteiger partial charge >= 0.3 is 0 Å². The van der Waals surface area contributed by atoms with Crippen LogP contribution in [0.1, 0.15) is 38.3 Å². The number of carbonyl (C=O) groups excluding carboxylic acids is 2. The third kappa shape index (κ3) is 6.97. The molecule has 0 aliphatic rings. The Bertz CT molecular complexity index is 917. The normalized spacial score (nSPS) is 11.7. The van der Waals surface area contributed by atoms with E-state index in [0.29, 0.717) is 30.0 Å². The maximum absolute atomic E-state index is 14.3. The SMILES string of the molecule is COc1ccc(CCC(=O)N(Cc2ccccc2F)[C@@H](C)C(=O)NCC(C)C)cc1OC. The summed E-state index contributed by atoms with van der Waals surface area (Å²) in [6.45, 7) is 6.20. The van der Waals surface area contributed by atoms with Crippen LogP contribution in [0.5, 0.6) is 11.5 Å². The highest BCUT2D eigenvalue weighted by atomic mass is 19.1. The van der Waals surface area contributed by atoms with E-state index < -0.39 is 11.9 Å². The molecule has 0 aliphatic carbocycles. The molecule has 0 heterocycles. The Hall–Kier alpha value is -3.09. The summed E-state index contributed by atoms with van der Waals surface area (Å²) in [4.78, 5) is 27.3. The summed E-state index contributed by atoms with van der Waals surface area (Å²) in [6.07, 6.45) is 0.624. The number of rotatable bonds is 11. The number of hydrogen-bond acceptors (Lipinski definition) is 4. The van der Waals surface area contributed by atoms with Crippen LogP contribution in [0, 0.1) is 11.7 Å². The van der Waals surface area contributed by atoms with Crippen molar-refractivity contribution in [1.29, 1.82) is 0 Å². The van der Waals surface area contributed by atoms with E-state index in [0.717, 1.165) is 5.56 Å². The third-order valence-electron chi connectivity index (χ3n) is 5.23. The average molecular weight is 445 g/mol. The molecule has 2 aromatic rings. The highest BCUT2D eigenvalue weighted by Crippen LogP contribution is 2.28. The summed E-state index contributed by atoms with van der Waals surface area (Å²) < 4.78 is 24.8. The quantitative estimate of drug-likeness (QED) is 0.570. The van der Waals surface area contributed by atoms with Crippen molar-refractivity contribution < 1.29 is 23.5 Å². The van der Waals surface area contributed by atoms with Gasteiger partial charge in [-0.15, -0.1) is 0 Å². The van der Waals surface area contributed by atoms with Gasteiger partial charge in [0.25, 0.3) is 0 Å². The second-order valence-corrected chi connectivity index (χ2v) is 8.12. The van der Waals surface area contributed by atoms with Gasteiger partial charge in [0.05, 0.1) is 14.2 Å². The molecule has 0 unspecified atom stereocenters. The molecule has 1 atom stereocenters. The molecule has 7 heteroatoms. The molecule has 32 heavy (non-hydrogen) atoms. The molecule has 6 nitrogen and oxygen atoms in total. The minimum Gasteiger partial charge on any atom is -0.493 e. The fraction of sp³-hybridized carbons (Fsp3) is 0.440. The van der Waals surface area contributed by atoms with Crippen molar-refractivity contribution in [3.05, 3.63) is 59.4 Å². The molecule has 2 amide bonds. The highest BCUT2D eigenvalue weighted by Gasteiger charge is 2.26. The van der Waals surface area contributed by atoms with Gasteiger partial charge < -0.3 is 19.7 Å². The maximum Gasteiger partial charge on any atom is 0.242 e. The van der Waals surface area contributed by atoms with E-state index in [2.05, 4.69) is 5.32 Å². The summed E-state index contributed by atoms with van der Waals surface area (Å²) in [7, 11) is 3.12. The molecule has 0 spiro atoms. The van der Waals surface area contributed by atoms with Crippen LogP contribution < -0.4 is 14.8 Å². The molecule has 0 bridgehead atoms. The molecular weight excluding hydrogens is 411 g/mol. The van der Waals surface area contributed by atoms with Crippen LogP contribution in [0.4, 0.5) is 4.39 Å². The Kier molecular flexibility index (Phi) is 9.50. The van der Waals surface area contributed by atoms with Crippen molar-refractivity contribution >= 4 is 11.8 Å². The summed E-state index contributed by atoms with van der Waals surface area (Å²) in [6, 6.07) is 11.0. The number of ether oxygens (including phenoxy) is 2. The van der Waals surface area contributed by atoms with E-state index in [4.69, 9.17) is 9.47 Å². The van der Waals surface area contributed by atoms with Crippen LogP contribution in [-0.4, -0.2) is 43.5 Å². The van der Waals surface area contributed by atoms with Crippen molar-refractivity contribution in [2.24, 2.45) is 5.92 Å². The van der Waals surface area contributed by atoms with Gasteiger partial charge in [-0.25, -0.2) is 4.39 Å². The van der Waals surface area contributed by atoms with Crippen LogP contribution in [0.15, 0.2) is 42.5 Å². The third-order valence-corrected chi connectivity index (χ3v) is 5.23. The van der Waals surface area contributed by atoms with Crippen molar-refractivity contribution in [2.45, 2.75) is 46.2 Å². The van der Waals surface area contributed by atoms with E-state index in [-0.39, 0.29) is 30.7 Å². The zero-order valence-electron chi connectivity index (χ0n) is 19.5. The maximum atomic E-state index is 14.3. The largest absolute Gasteiger partial charge is 0.493 e. The van der Waals surface area contributed by atoms with Crippen molar-refractivity contribution in [1.82, 2.24) is 10.2 Å². The number of nitrogens with zero attached hydrogens (tertiary/aromatic N) is 1. The Balaban J connectivity index is 2.17. The fourth-order valence-corrected chi connectivity index (χ4v) is 3.28. The lowest BCUT2D eigenvalue weighted by atomic mass is 10.1. The number of amides is 2. The second-order valence-electron chi connectivity index (χ2n) is 8.12. The summed E-state index contributed by atoms with van der Waals surface area (Å²) in [5, 5.41) is 2.86. The number of carbonyl (C=O) groups is 2. The van der Waals surface area contributed by atoms with Crippen LogP contribution in [0.2, 0.25) is 0 Å². The molecule has 0 saturated carbocycles. The Labute approximate surface area is 189 Å². The summed E-state index contributed by atoms with van der Waals surface area (Å²) >= 11 is 0. The van der Waals surface area contributed by atoms with Gasteiger partial charge in [0.2, 0.25) is 11.8 Å². The van der Waals surface area contributed by atoms with Gasteiger partial charge in [0, 0.05) is 25.1 Å². The predicted molar refractivity (Wildman–Crippen MR) is 122 cm³/mol. The number of aryl methyl sites for hydroxylation is 1. The van der Waals surface area contributed by atoms with Crippen molar-refractivity contribution in [3.8, 4) is 11.5 Å². The molecule has 0 aliphatic heterocycles. The van der Waals surface area contributed by atoms with Gasteiger partial charge in [-0.05, 0) is 43.0 Å². The number of hydrogen-bond donors (Lipinski definition) is 1. The molecule has 2 aromatic carbocycles. The van der Waals surface area contributed by atoms with E-state index in [1.807, 2.05) is 26.0 Å². The number of halogens is 1. The molecule has 0 radical (unpaired) electrons. The average Bonchev–Trinajstić information content (AvgIpc) is 2.79. The zero-order valence-corrected chi connectivity index (χ0v) is 19.5. The summed E-state index contributed by atoms with van der Waals surface area (Å²) in [5.74, 6) is 0.595. The van der Waals surface area contributed by atoms with E-state index in [1.165, 1.54) is 11.0 Å². The van der Waals surface area contributed by atoms with Gasteiger partial charge in [0.1, 0.15) is 11.9 Å². The molecule has 2 rings (SSSR count). The van der Waals surface area contributed by atoms with E-state index in [9.17, 15) is 14.0 Å². The minimum absolute atomic E-state index is 0.0215.